The standard InChI is InChI=1S/C14H20N2O2/c15-8-7-14(5-6-14)10-16-13(18)9-11-3-1-2-4-12(11)17/h1-4,17H,5-10,15H2,(H,16,18). The van der Waals surface area contributed by atoms with Gasteiger partial charge in [-0.3, -0.25) is 4.79 Å². The number of hydrogen-bond acceptors (Lipinski definition) is 3. The molecule has 1 aromatic carbocycles. The van der Waals surface area contributed by atoms with Gasteiger partial charge in [0.05, 0.1) is 6.42 Å². The third-order valence-electron chi connectivity index (χ3n) is 3.63. The van der Waals surface area contributed by atoms with Gasteiger partial charge in [0, 0.05) is 12.1 Å². The van der Waals surface area contributed by atoms with Gasteiger partial charge < -0.3 is 16.2 Å². The molecule has 0 bridgehead atoms. The number of phenols is 1. The van der Waals surface area contributed by atoms with Gasteiger partial charge in [-0.05, 0) is 37.3 Å². The molecular formula is C14H20N2O2. The Bertz CT molecular complexity index is 428. The number of aromatic hydroxyl groups is 1. The average molecular weight is 248 g/mol. The predicted molar refractivity (Wildman–Crippen MR) is 70.2 cm³/mol. The van der Waals surface area contributed by atoms with Gasteiger partial charge in [0.1, 0.15) is 5.75 Å². The van der Waals surface area contributed by atoms with Crippen LogP contribution in [0.4, 0.5) is 0 Å². The Morgan fingerprint density at radius 3 is 2.72 bits per heavy atom. The maximum Gasteiger partial charge on any atom is 0.224 e. The van der Waals surface area contributed by atoms with Crippen LogP contribution in [0.25, 0.3) is 0 Å². The van der Waals surface area contributed by atoms with Gasteiger partial charge in [-0.1, -0.05) is 18.2 Å². The molecule has 1 saturated carbocycles. The molecule has 4 nitrogen and oxygen atoms in total. The molecule has 4 N–H and O–H groups in total. The van der Waals surface area contributed by atoms with Crippen LogP contribution in [-0.2, 0) is 11.2 Å². The minimum absolute atomic E-state index is 0.0419. The fraction of sp³-hybridized carbons (Fsp3) is 0.500. The van der Waals surface area contributed by atoms with Crippen molar-refractivity contribution in [3.8, 4) is 5.75 Å². The second-order valence-corrected chi connectivity index (χ2v) is 5.12. The van der Waals surface area contributed by atoms with Crippen molar-refractivity contribution in [2.24, 2.45) is 11.1 Å². The molecular weight excluding hydrogens is 228 g/mol. The topological polar surface area (TPSA) is 75.3 Å². The van der Waals surface area contributed by atoms with E-state index in [2.05, 4.69) is 5.32 Å². The predicted octanol–water partition coefficient (Wildman–Crippen LogP) is 1.18. The highest BCUT2D eigenvalue weighted by Crippen LogP contribution is 2.47. The Hall–Kier alpha value is -1.55. The monoisotopic (exact) mass is 248 g/mol. The Kier molecular flexibility index (Phi) is 3.87. The molecule has 0 aliphatic heterocycles. The van der Waals surface area contributed by atoms with Crippen LogP contribution >= 0.6 is 0 Å². The van der Waals surface area contributed by atoms with E-state index in [9.17, 15) is 9.90 Å². The lowest BCUT2D eigenvalue weighted by Gasteiger charge is -2.14. The summed E-state index contributed by atoms with van der Waals surface area (Å²) in [5.41, 5.74) is 6.48. The highest BCUT2D eigenvalue weighted by atomic mass is 16.3. The quantitative estimate of drug-likeness (QED) is 0.707. The second-order valence-electron chi connectivity index (χ2n) is 5.12. The molecule has 0 aromatic heterocycles. The molecule has 0 spiro atoms. The van der Waals surface area contributed by atoms with E-state index in [0.29, 0.717) is 18.7 Å². The molecule has 0 atom stereocenters. The number of rotatable bonds is 6. The number of carbonyl (C=O) groups excluding carboxylic acids is 1. The normalized spacial score (nSPS) is 16.3. The largest absolute Gasteiger partial charge is 0.508 e. The average Bonchev–Trinajstić information content (AvgIpc) is 3.11. The number of hydrogen-bond donors (Lipinski definition) is 3. The number of amides is 1. The fourth-order valence-electron chi connectivity index (χ4n) is 2.18. The van der Waals surface area contributed by atoms with Crippen molar-refractivity contribution >= 4 is 5.91 Å². The summed E-state index contributed by atoms with van der Waals surface area (Å²) < 4.78 is 0. The number of nitrogens with one attached hydrogen (secondary N) is 1. The molecule has 1 aliphatic rings. The highest BCUT2D eigenvalue weighted by molar-refractivity contribution is 5.79. The SMILES string of the molecule is NCCC1(CNC(=O)Cc2ccccc2O)CC1. The fourth-order valence-corrected chi connectivity index (χ4v) is 2.18. The van der Waals surface area contributed by atoms with Crippen LogP contribution in [0.5, 0.6) is 5.75 Å². The minimum Gasteiger partial charge on any atom is -0.508 e. The van der Waals surface area contributed by atoms with E-state index in [4.69, 9.17) is 5.73 Å². The van der Waals surface area contributed by atoms with E-state index in [1.165, 1.54) is 0 Å². The van der Waals surface area contributed by atoms with Crippen molar-refractivity contribution in [3.05, 3.63) is 29.8 Å². The van der Waals surface area contributed by atoms with Crippen LogP contribution in [0, 0.1) is 5.41 Å². The van der Waals surface area contributed by atoms with Crippen molar-refractivity contribution in [2.75, 3.05) is 13.1 Å². The number of benzene rings is 1. The summed E-state index contributed by atoms with van der Waals surface area (Å²) in [5, 5.41) is 12.5. The first-order chi connectivity index (χ1) is 8.65. The molecule has 18 heavy (non-hydrogen) atoms. The van der Waals surface area contributed by atoms with Crippen molar-refractivity contribution in [1.82, 2.24) is 5.32 Å². The number of carbonyl (C=O) groups is 1. The molecule has 0 saturated heterocycles. The highest BCUT2D eigenvalue weighted by Gasteiger charge is 2.41. The van der Waals surface area contributed by atoms with Gasteiger partial charge in [0.15, 0.2) is 0 Å². The van der Waals surface area contributed by atoms with Gasteiger partial charge in [-0.15, -0.1) is 0 Å². The smallest absolute Gasteiger partial charge is 0.224 e. The Balaban J connectivity index is 1.81. The van der Waals surface area contributed by atoms with Gasteiger partial charge in [0.2, 0.25) is 5.91 Å². The van der Waals surface area contributed by atoms with Crippen molar-refractivity contribution in [3.63, 3.8) is 0 Å². The second kappa shape index (κ2) is 5.40. The summed E-state index contributed by atoms with van der Waals surface area (Å²) in [6, 6.07) is 6.93. The summed E-state index contributed by atoms with van der Waals surface area (Å²) in [6.45, 7) is 1.38. The van der Waals surface area contributed by atoms with Crippen LogP contribution in [0.1, 0.15) is 24.8 Å². The van der Waals surface area contributed by atoms with Crippen LogP contribution in [0.3, 0.4) is 0 Å². The third-order valence-corrected chi connectivity index (χ3v) is 3.63. The van der Waals surface area contributed by atoms with Crippen LogP contribution < -0.4 is 11.1 Å². The van der Waals surface area contributed by atoms with Gasteiger partial charge in [-0.25, -0.2) is 0 Å². The van der Waals surface area contributed by atoms with Gasteiger partial charge >= 0.3 is 0 Å². The molecule has 1 aromatic rings. The van der Waals surface area contributed by atoms with E-state index in [1.807, 2.05) is 6.07 Å². The van der Waals surface area contributed by atoms with Crippen LogP contribution in [0.2, 0.25) is 0 Å². The zero-order valence-electron chi connectivity index (χ0n) is 10.5. The lowest BCUT2D eigenvalue weighted by atomic mass is 10.0. The number of phenolic OH excluding ortho intramolecular Hbond substituents is 1. The molecule has 0 unspecified atom stereocenters. The molecule has 0 radical (unpaired) electrons. The molecule has 1 aliphatic carbocycles. The van der Waals surface area contributed by atoms with Crippen LogP contribution in [0.15, 0.2) is 24.3 Å². The third kappa shape index (κ3) is 3.23. The van der Waals surface area contributed by atoms with E-state index in [0.717, 1.165) is 19.3 Å². The zero-order valence-corrected chi connectivity index (χ0v) is 10.5. The number of para-hydroxylation sites is 1. The summed E-state index contributed by atoms with van der Waals surface area (Å²) >= 11 is 0. The van der Waals surface area contributed by atoms with Crippen molar-refractivity contribution in [1.29, 1.82) is 0 Å². The van der Waals surface area contributed by atoms with Crippen LogP contribution in [-0.4, -0.2) is 24.1 Å². The lowest BCUT2D eigenvalue weighted by molar-refractivity contribution is -0.120. The first-order valence-corrected chi connectivity index (χ1v) is 6.39. The Morgan fingerprint density at radius 2 is 2.11 bits per heavy atom. The molecule has 1 amide bonds. The van der Waals surface area contributed by atoms with Gasteiger partial charge in [-0.2, -0.15) is 0 Å². The summed E-state index contributed by atoms with van der Waals surface area (Å²) in [4.78, 5) is 11.8. The minimum atomic E-state index is -0.0419. The lowest BCUT2D eigenvalue weighted by Crippen LogP contribution is -2.32. The Morgan fingerprint density at radius 1 is 1.39 bits per heavy atom. The Labute approximate surface area is 107 Å². The molecule has 0 heterocycles. The van der Waals surface area contributed by atoms with E-state index < -0.39 is 0 Å². The summed E-state index contributed by atoms with van der Waals surface area (Å²) in [6.07, 6.45) is 3.51. The van der Waals surface area contributed by atoms with Crippen molar-refractivity contribution in [2.45, 2.75) is 25.7 Å². The summed E-state index contributed by atoms with van der Waals surface area (Å²) in [7, 11) is 0. The summed E-state index contributed by atoms with van der Waals surface area (Å²) in [5.74, 6) is 0.135. The zero-order chi connectivity index (χ0) is 13.0. The maximum atomic E-state index is 11.8. The first-order valence-electron chi connectivity index (χ1n) is 6.39. The maximum absolute atomic E-state index is 11.8. The number of nitrogens with two attached hydrogens (primary N) is 1. The van der Waals surface area contributed by atoms with Gasteiger partial charge in [0.25, 0.3) is 0 Å². The first kappa shape index (κ1) is 12.9. The van der Waals surface area contributed by atoms with E-state index in [1.54, 1.807) is 18.2 Å². The molecule has 4 heteroatoms. The molecule has 1 fully saturated rings. The van der Waals surface area contributed by atoms with E-state index in [-0.39, 0.29) is 23.5 Å². The molecule has 98 valence electrons. The van der Waals surface area contributed by atoms with E-state index >= 15 is 0 Å². The van der Waals surface area contributed by atoms with Crippen molar-refractivity contribution < 1.29 is 9.90 Å². The molecule has 2 rings (SSSR count).